The molecule has 0 heterocycles. The number of carbonyl (C=O) groups is 3. The van der Waals surface area contributed by atoms with Crippen LogP contribution < -0.4 is 10.6 Å². The average Bonchev–Trinajstić information content (AvgIpc) is 2.56. The summed E-state index contributed by atoms with van der Waals surface area (Å²) in [6.45, 7) is 5.41. The number of carbonyl (C=O) groups excluding carboxylic acids is 2. The van der Waals surface area contributed by atoms with Gasteiger partial charge in [-0.15, -0.1) is 0 Å². The summed E-state index contributed by atoms with van der Waals surface area (Å²) in [6.07, 6.45) is 0. The highest BCUT2D eigenvalue weighted by Gasteiger charge is 2.21. The maximum Gasteiger partial charge on any atom is 0.337 e. The molecule has 136 valence electrons. The zero-order chi connectivity index (χ0) is 19.5. The quantitative estimate of drug-likeness (QED) is 0.744. The third-order valence-electron chi connectivity index (χ3n) is 3.55. The molecule has 2 aromatic rings. The Morgan fingerprint density at radius 1 is 0.962 bits per heavy atom. The molecule has 0 aliphatic carbocycles. The first-order valence-electron chi connectivity index (χ1n) is 7.83. The lowest BCUT2D eigenvalue weighted by Crippen LogP contribution is -2.27. The van der Waals surface area contributed by atoms with Gasteiger partial charge in [-0.25, -0.2) is 4.79 Å². The molecule has 0 saturated carbocycles. The monoisotopic (exact) mass is 374 g/mol. The van der Waals surface area contributed by atoms with Crippen LogP contribution in [0.1, 0.15) is 41.5 Å². The van der Waals surface area contributed by atoms with Crippen molar-refractivity contribution in [3.05, 3.63) is 58.6 Å². The number of hydrogen-bond donors (Lipinski definition) is 3. The van der Waals surface area contributed by atoms with Crippen LogP contribution in [0.25, 0.3) is 0 Å². The molecule has 0 fully saturated rings. The van der Waals surface area contributed by atoms with E-state index < -0.39 is 17.3 Å². The van der Waals surface area contributed by atoms with Crippen LogP contribution in [-0.2, 0) is 4.79 Å². The Morgan fingerprint density at radius 3 is 2.12 bits per heavy atom. The van der Waals surface area contributed by atoms with Crippen LogP contribution in [0.2, 0.25) is 5.02 Å². The lowest BCUT2D eigenvalue weighted by Gasteiger charge is -2.17. The standard InChI is InChI=1S/C19H19ClN2O4/c1-19(2,3)18(26)21-13-7-4-11(5-8-13)16(23)22-15-9-6-12(20)10-14(15)17(24)25/h4-10H,1-3H3,(H,21,26)(H,22,23)(H,24,25). The number of nitrogens with one attached hydrogen (secondary N) is 2. The summed E-state index contributed by atoms with van der Waals surface area (Å²) in [7, 11) is 0. The molecule has 3 N–H and O–H groups in total. The molecule has 7 heteroatoms. The minimum Gasteiger partial charge on any atom is -0.478 e. The molecular formula is C19H19ClN2O4. The Bertz CT molecular complexity index is 855. The predicted octanol–water partition coefficient (Wildman–Crippen LogP) is 4.28. The van der Waals surface area contributed by atoms with Crippen molar-refractivity contribution >= 4 is 40.8 Å². The van der Waals surface area contributed by atoms with Crippen LogP contribution in [-0.4, -0.2) is 22.9 Å². The summed E-state index contributed by atoms with van der Waals surface area (Å²) in [5, 5.41) is 14.8. The lowest BCUT2D eigenvalue weighted by atomic mass is 9.95. The Hall–Kier alpha value is -2.86. The molecular weight excluding hydrogens is 356 g/mol. The summed E-state index contributed by atoms with van der Waals surface area (Å²) in [5.41, 5.74) is 0.416. The van der Waals surface area contributed by atoms with E-state index in [0.29, 0.717) is 11.3 Å². The van der Waals surface area contributed by atoms with Crippen molar-refractivity contribution in [3.63, 3.8) is 0 Å². The largest absolute Gasteiger partial charge is 0.478 e. The molecule has 0 atom stereocenters. The Morgan fingerprint density at radius 2 is 1.58 bits per heavy atom. The Balaban J connectivity index is 2.14. The maximum atomic E-state index is 12.3. The van der Waals surface area contributed by atoms with Crippen molar-refractivity contribution in [2.75, 3.05) is 10.6 Å². The topological polar surface area (TPSA) is 95.5 Å². The van der Waals surface area contributed by atoms with Crippen molar-refractivity contribution in [1.29, 1.82) is 0 Å². The average molecular weight is 375 g/mol. The van der Waals surface area contributed by atoms with Crippen LogP contribution >= 0.6 is 11.6 Å². The fraction of sp³-hybridized carbons (Fsp3) is 0.211. The van der Waals surface area contributed by atoms with Gasteiger partial charge < -0.3 is 15.7 Å². The molecule has 0 saturated heterocycles. The fourth-order valence-electron chi connectivity index (χ4n) is 2.02. The van der Waals surface area contributed by atoms with Crippen molar-refractivity contribution in [2.24, 2.45) is 5.41 Å². The van der Waals surface area contributed by atoms with Gasteiger partial charge in [-0.3, -0.25) is 9.59 Å². The van der Waals surface area contributed by atoms with Crippen LogP contribution in [0.4, 0.5) is 11.4 Å². The van der Waals surface area contributed by atoms with Crippen molar-refractivity contribution < 1.29 is 19.5 Å². The van der Waals surface area contributed by atoms with Gasteiger partial charge >= 0.3 is 5.97 Å². The molecule has 0 radical (unpaired) electrons. The zero-order valence-electron chi connectivity index (χ0n) is 14.6. The van der Waals surface area contributed by atoms with Gasteiger partial charge in [0.05, 0.1) is 11.3 Å². The predicted molar refractivity (Wildman–Crippen MR) is 101 cm³/mol. The molecule has 26 heavy (non-hydrogen) atoms. The van der Waals surface area contributed by atoms with E-state index in [9.17, 15) is 19.5 Å². The summed E-state index contributed by atoms with van der Waals surface area (Å²) in [6, 6.07) is 10.5. The number of hydrogen-bond acceptors (Lipinski definition) is 3. The van der Waals surface area contributed by atoms with Gasteiger partial charge in [0, 0.05) is 21.7 Å². The molecule has 0 bridgehead atoms. The number of benzene rings is 2. The number of aromatic carboxylic acids is 1. The number of anilines is 2. The minimum atomic E-state index is -1.19. The summed E-state index contributed by atoms with van der Waals surface area (Å²) in [5.74, 6) is -1.80. The van der Waals surface area contributed by atoms with Crippen LogP contribution in [0.5, 0.6) is 0 Å². The van der Waals surface area contributed by atoms with E-state index in [0.717, 1.165) is 0 Å². The Labute approximate surface area is 156 Å². The highest BCUT2D eigenvalue weighted by molar-refractivity contribution is 6.31. The highest BCUT2D eigenvalue weighted by Crippen LogP contribution is 2.22. The van der Waals surface area contributed by atoms with Crippen LogP contribution in [0.15, 0.2) is 42.5 Å². The molecule has 0 unspecified atom stereocenters. The molecule has 2 rings (SSSR count). The molecule has 0 aliphatic rings. The number of carboxylic acids is 1. The normalized spacial score (nSPS) is 10.9. The highest BCUT2D eigenvalue weighted by atomic mass is 35.5. The van der Waals surface area contributed by atoms with E-state index in [-0.39, 0.29) is 22.2 Å². The fourth-order valence-corrected chi connectivity index (χ4v) is 2.19. The number of halogens is 1. The second-order valence-corrected chi connectivity index (χ2v) is 7.17. The second-order valence-electron chi connectivity index (χ2n) is 6.73. The third kappa shape index (κ3) is 4.83. The molecule has 0 aliphatic heterocycles. The number of carboxylic acid groups (broad SMARTS) is 1. The molecule has 6 nitrogen and oxygen atoms in total. The summed E-state index contributed by atoms with van der Waals surface area (Å²) < 4.78 is 0. The van der Waals surface area contributed by atoms with Gasteiger partial charge in [-0.05, 0) is 42.5 Å². The zero-order valence-corrected chi connectivity index (χ0v) is 15.3. The second kappa shape index (κ2) is 7.58. The first-order chi connectivity index (χ1) is 12.1. The maximum absolute atomic E-state index is 12.3. The smallest absolute Gasteiger partial charge is 0.337 e. The van der Waals surface area contributed by atoms with Gasteiger partial charge in [0.15, 0.2) is 0 Å². The van der Waals surface area contributed by atoms with E-state index in [1.807, 2.05) is 0 Å². The van der Waals surface area contributed by atoms with Gasteiger partial charge in [-0.1, -0.05) is 32.4 Å². The van der Waals surface area contributed by atoms with Gasteiger partial charge in [0.25, 0.3) is 5.91 Å². The van der Waals surface area contributed by atoms with Gasteiger partial charge in [0.2, 0.25) is 5.91 Å². The van der Waals surface area contributed by atoms with E-state index in [2.05, 4.69) is 10.6 Å². The van der Waals surface area contributed by atoms with Gasteiger partial charge in [0.1, 0.15) is 0 Å². The minimum absolute atomic E-state index is 0.0973. The SMILES string of the molecule is CC(C)(C)C(=O)Nc1ccc(C(=O)Nc2ccc(Cl)cc2C(=O)O)cc1. The summed E-state index contributed by atoms with van der Waals surface area (Å²) in [4.78, 5) is 35.6. The van der Waals surface area contributed by atoms with Crippen LogP contribution in [0, 0.1) is 5.41 Å². The third-order valence-corrected chi connectivity index (χ3v) is 3.78. The number of amides is 2. The van der Waals surface area contributed by atoms with E-state index >= 15 is 0 Å². The van der Waals surface area contributed by atoms with Crippen molar-refractivity contribution in [1.82, 2.24) is 0 Å². The number of rotatable bonds is 4. The lowest BCUT2D eigenvalue weighted by molar-refractivity contribution is -0.123. The molecule has 0 aromatic heterocycles. The summed E-state index contributed by atoms with van der Waals surface area (Å²) >= 11 is 5.79. The van der Waals surface area contributed by atoms with Crippen molar-refractivity contribution in [3.8, 4) is 0 Å². The first-order valence-corrected chi connectivity index (χ1v) is 8.21. The van der Waals surface area contributed by atoms with E-state index in [1.165, 1.54) is 18.2 Å². The molecule has 2 aromatic carbocycles. The van der Waals surface area contributed by atoms with E-state index in [1.54, 1.807) is 45.0 Å². The van der Waals surface area contributed by atoms with Gasteiger partial charge in [-0.2, -0.15) is 0 Å². The van der Waals surface area contributed by atoms with E-state index in [4.69, 9.17) is 11.6 Å². The molecule has 2 amide bonds. The Kier molecular flexibility index (Phi) is 5.67. The van der Waals surface area contributed by atoms with Crippen LogP contribution in [0.3, 0.4) is 0 Å². The van der Waals surface area contributed by atoms with Crippen molar-refractivity contribution in [2.45, 2.75) is 20.8 Å². The molecule has 0 spiro atoms. The first kappa shape index (κ1) is 19.5.